The quantitative estimate of drug-likeness (QED) is 0.736. The van der Waals surface area contributed by atoms with E-state index in [1.165, 1.54) is 0 Å². The minimum atomic E-state index is -3.51. The summed E-state index contributed by atoms with van der Waals surface area (Å²) in [6.45, 7) is 4.42. The Bertz CT molecular complexity index is 576. The summed E-state index contributed by atoms with van der Waals surface area (Å²) in [4.78, 5) is 1.61. The molecule has 1 aromatic rings. The van der Waals surface area contributed by atoms with E-state index in [0.717, 1.165) is 5.56 Å². The van der Waals surface area contributed by atoms with Crippen molar-refractivity contribution in [1.29, 1.82) is 0 Å². The first-order valence-electron chi connectivity index (χ1n) is 6.15. The summed E-state index contributed by atoms with van der Waals surface area (Å²) in [5.74, 6) is 0. The van der Waals surface area contributed by atoms with E-state index in [-0.39, 0.29) is 12.0 Å². The molecular formula is C14H19BrN2O2S. The van der Waals surface area contributed by atoms with Crippen LogP contribution in [0.3, 0.4) is 0 Å². The molecule has 110 valence electrons. The number of nitrogens with one attached hydrogen (secondary N) is 2. The van der Waals surface area contributed by atoms with Gasteiger partial charge in [-0.15, -0.1) is 5.73 Å². The van der Waals surface area contributed by atoms with E-state index in [1.807, 2.05) is 50.3 Å². The first-order valence-corrected chi connectivity index (χ1v) is 8.55. The fourth-order valence-corrected chi connectivity index (χ4v) is 2.57. The van der Waals surface area contributed by atoms with Crippen LogP contribution in [0.25, 0.3) is 0 Å². The van der Waals surface area contributed by atoms with Gasteiger partial charge in [-0.3, -0.25) is 0 Å². The van der Waals surface area contributed by atoms with Gasteiger partial charge in [0, 0.05) is 23.5 Å². The van der Waals surface area contributed by atoms with Gasteiger partial charge in [-0.25, -0.2) is 4.72 Å². The Kier molecular flexibility index (Phi) is 6.65. The minimum Gasteiger partial charge on any atom is -0.201 e. The predicted octanol–water partition coefficient (Wildman–Crippen LogP) is 2.70. The molecule has 0 saturated carbocycles. The standard InChI is InChI=1S/C14H19BrN2O2S/c1-14(2,9-6-10-15)12-17-20(18,19)16-11-13-7-4-3-5-8-13/h3-5,7-10,16-17H,11-12H2,1-2H3. The molecule has 0 amide bonds. The van der Waals surface area contributed by atoms with Gasteiger partial charge in [0.1, 0.15) is 0 Å². The van der Waals surface area contributed by atoms with Crippen molar-refractivity contribution in [3.8, 4) is 0 Å². The lowest BCUT2D eigenvalue weighted by Crippen LogP contribution is -2.40. The zero-order valence-electron chi connectivity index (χ0n) is 11.6. The Balaban J connectivity index is 2.52. The lowest BCUT2D eigenvalue weighted by Gasteiger charge is -2.19. The van der Waals surface area contributed by atoms with Crippen LogP contribution in [0.4, 0.5) is 0 Å². The smallest absolute Gasteiger partial charge is 0.201 e. The van der Waals surface area contributed by atoms with Crippen LogP contribution in [-0.2, 0) is 16.8 Å². The van der Waals surface area contributed by atoms with Crippen LogP contribution in [0, 0.1) is 5.41 Å². The van der Waals surface area contributed by atoms with Crippen molar-refractivity contribution in [2.24, 2.45) is 5.41 Å². The number of rotatable bonds is 7. The van der Waals surface area contributed by atoms with Gasteiger partial charge in [-0.1, -0.05) is 60.1 Å². The number of halogens is 1. The fraction of sp³-hybridized carbons (Fsp3) is 0.357. The molecule has 0 aliphatic heterocycles. The van der Waals surface area contributed by atoms with E-state index in [1.54, 1.807) is 4.99 Å². The van der Waals surface area contributed by atoms with Gasteiger partial charge in [-0.2, -0.15) is 13.1 Å². The van der Waals surface area contributed by atoms with Gasteiger partial charge in [0.05, 0.1) is 0 Å². The van der Waals surface area contributed by atoms with Gasteiger partial charge < -0.3 is 0 Å². The van der Waals surface area contributed by atoms with Crippen molar-refractivity contribution in [3.05, 3.63) is 52.7 Å². The summed E-state index contributed by atoms with van der Waals surface area (Å²) < 4.78 is 28.8. The van der Waals surface area contributed by atoms with Crippen molar-refractivity contribution in [1.82, 2.24) is 9.44 Å². The summed E-state index contributed by atoms with van der Waals surface area (Å²) in [7, 11) is -3.51. The van der Waals surface area contributed by atoms with Crippen molar-refractivity contribution in [3.63, 3.8) is 0 Å². The second kappa shape index (κ2) is 7.76. The van der Waals surface area contributed by atoms with E-state index in [9.17, 15) is 8.42 Å². The third-order valence-electron chi connectivity index (χ3n) is 2.56. The van der Waals surface area contributed by atoms with Crippen molar-refractivity contribution in [2.75, 3.05) is 6.54 Å². The molecule has 0 heterocycles. The summed E-state index contributed by atoms with van der Waals surface area (Å²) in [6.07, 6.45) is 1.81. The molecule has 0 aliphatic rings. The highest BCUT2D eigenvalue weighted by Crippen LogP contribution is 2.15. The van der Waals surface area contributed by atoms with Crippen molar-refractivity contribution in [2.45, 2.75) is 20.4 Å². The van der Waals surface area contributed by atoms with Gasteiger partial charge in [0.2, 0.25) is 0 Å². The average molecular weight is 359 g/mol. The Labute approximate surface area is 129 Å². The average Bonchev–Trinajstić information content (AvgIpc) is 2.43. The lowest BCUT2D eigenvalue weighted by molar-refractivity contribution is 0.463. The molecule has 0 aromatic heterocycles. The van der Waals surface area contributed by atoms with Gasteiger partial charge in [0.25, 0.3) is 10.2 Å². The molecule has 2 N–H and O–H groups in total. The first kappa shape index (κ1) is 17.1. The van der Waals surface area contributed by atoms with Gasteiger partial charge in [-0.05, 0) is 11.6 Å². The highest BCUT2D eigenvalue weighted by molar-refractivity contribution is 9.11. The highest BCUT2D eigenvalue weighted by atomic mass is 79.9. The van der Waals surface area contributed by atoms with Gasteiger partial charge in [0.15, 0.2) is 0 Å². The SMILES string of the molecule is CC(C)(C=C=CBr)CNS(=O)(=O)NCc1ccccc1. The molecule has 1 rings (SSSR count). The third-order valence-corrected chi connectivity index (χ3v) is 3.88. The van der Waals surface area contributed by atoms with Crippen molar-refractivity contribution < 1.29 is 8.42 Å². The molecule has 0 aliphatic carbocycles. The molecule has 6 heteroatoms. The Morgan fingerprint density at radius 3 is 2.50 bits per heavy atom. The van der Waals surface area contributed by atoms with Crippen LogP contribution in [-0.4, -0.2) is 15.0 Å². The summed E-state index contributed by atoms with van der Waals surface area (Å²) in [6, 6.07) is 9.38. The molecule has 4 nitrogen and oxygen atoms in total. The zero-order chi connectivity index (χ0) is 15.1. The van der Waals surface area contributed by atoms with Crippen LogP contribution in [0.1, 0.15) is 19.4 Å². The topological polar surface area (TPSA) is 58.2 Å². The Morgan fingerprint density at radius 2 is 1.90 bits per heavy atom. The molecule has 0 atom stereocenters. The first-order chi connectivity index (χ1) is 9.35. The van der Waals surface area contributed by atoms with E-state index in [2.05, 4.69) is 31.1 Å². The predicted molar refractivity (Wildman–Crippen MR) is 85.6 cm³/mol. The van der Waals surface area contributed by atoms with E-state index < -0.39 is 10.2 Å². The van der Waals surface area contributed by atoms with Gasteiger partial charge >= 0.3 is 0 Å². The molecule has 0 unspecified atom stereocenters. The maximum atomic E-state index is 11.9. The molecule has 0 fully saturated rings. The third kappa shape index (κ3) is 7.03. The Hall–Kier alpha value is -0.910. The second-order valence-electron chi connectivity index (χ2n) is 5.04. The molecule has 0 bridgehead atoms. The molecule has 0 radical (unpaired) electrons. The molecule has 0 saturated heterocycles. The number of benzene rings is 1. The minimum absolute atomic E-state index is 0.272. The second-order valence-corrected chi connectivity index (χ2v) is 7.08. The van der Waals surface area contributed by atoms with E-state index in [4.69, 9.17) is 0 Å². The monoisotopic (exact) mass is 358 g/mol. The van der Waals surface area contributed by atoms with E-state index >= 15 is 0 Å². The molecule has 1 aromatic carbocycles. The van der Waals surface area contributed by atoms with Crippen LogP contribution < -0.4 is 9.44 Å². The zero-order valence-corrected chi connectivity index (χ0v) is 14.0. The maximum Gasteiger partial charge on any atom is 0.277 e. The van der Waals surface area contributed by atoms with Crippen LogP contribution in [0.15, 0.2) is 47.1 Å². The van der Waals surface area contributed by atoms with E-state index in [0.29, 0.717) is 6.54 Å². The molecular weight excluding hydrogens is 340 g/mol. The number of hydrogen-bond donors (Lipinski definition) is 2. The van der Waals surface area contributed by atoms with Crippen LogP contribution in [0.5, 0.6) is 0 Å². The summed E-state index contributed by atoms with van der Waals surface area (Å²) in [5, 5.41) is 0. The maximum absolute atomic E-state index is 11.9. The molecule has 0 spiro atoms. The summed E-state index contributed by atoms with van der Waals surface area (Å²) >= 11 is 3.13. The Morgan fingerprint density at radius 1 is 1.25 bits per heavy atom. The van der Waals surface area contributed by atoms with Crippen LogP contribution >= 0.6 is 15.9 Å². The normalized spacial score (nSPS) is 11.8. The highest BCUT2D eigenvalue weighted by Gasteiger charge is 2.18. The number of hydrogen-bond acceptors (Lipinski definition) is 2. The van der Waals surface area contributed by atoms with Crippen molar-refractivity contribution >= 4 is 26.1 Å². The lowest BCUT2D eigenvalue weighted by atomic mass is 9.94. The largest absolute Gasteiger partial charge is 0.277 e. The van der Waals surface area contributed by atoms with Crippen LogP contribution in [0.2, 0.25) is 0 Å². The summed E-state index contributed by atoms with van der Waals surface area (Å²) in [5.41, 5.74) is 3.50. The molecule has 20 heavy (non-hydrogen) atoms. The fourth-order valence-electron chi connectivity index (χ4n) is 1.41.